The molecule has 0 aromatic heterocycles. The van der Waals surface area contributed by atoms with E-state index in [1.807, 2.05) is 25.1 Å². The van der Waals surface area contributed by atoms with E-state index in [9.17, 15) is 0 Å². The predicted octanol–water partition coefficient (Wildman–Crippen LogP) is 2.55. The molecule has 1 aromatic carbocycles. The van der Waals surface area contributed by atoms with E-state index >= 15 is 0 Å². The fraction of sp³-hybridized carbons (Fsp3) is 0.538. The maximum absolute atomic E-state index is 6.02. The molecule has 3 nitrogen and oxygen atoms in total. The van der Waals surface area contributed by atoms with Crippen LogP contribution in [0, 0.1) is 5.92 Å². The maximum Gasteiger partial charge on any atom is 0.123 e. The van der Waals surface area contributed by atoms with Crippen molar-refractivity contribution in [1.82, 2.24) is 4.90 Å². The van der Waals surface area contributed by atoms with Crippen molar-refractivity contribution in [1.29, 1.82) is 0 Å². The maximum atomic E-state index is 6.02. The Morgan fingerprint density at radius 1 is 1.44 bits per heavy atom. The molecule has 1 saturated heterocycles. The van der Waals surface area contributed by atoms with Crippen LogP contribution >= 0.6 is 24.0 Å². The first kappa shape index (κ1) is 15.6. The fourth-order valence-electron chi connectivity index (χ4n) is 2.16. The molecule has 0 saturated carbocycles. The molecule has 18 heavy (non-hydrogen) atoms. The van der Waals surface area contributed by atoms with Gasteiger partial charge in [0.2, 0.25) is 0 Å². The molecule has 1 aliphatic rings. The van der Waals surface area contributed by atoms with Crippen molar-refractivity contribution in [3.05, 3.63) is 28.8 Å². The minimum atomic E-state index is 0. The number of nitrogens with two attached hydrogens (primary N) is 1. The van der Waals surface area contributed by atoms with Gasteiger partial charge in [0.25, 0.3) is 0 Å². The van der Waals surface area contributed by atoms with Gasteiger partial charge in [0.05, 0.1) is 6.61 Å². The molecule has 0 atom stereocenters. The molecule has 1 heterocycles. The third-order valence-corrected chi connectivity index (χ3v) is 3.32. The van der Waals surface area contributed by atoms with Crippen molar-refractivity contribution in [2.45, 2.75) is 13.5 Å². The monoisotopic (exact) mass is 290 g/mol. The summed E-state index contributed by atoms with van der Waals surface area (Å²) >= 11 is 6.02. The Hall–Kier alpha value is -0.480. The molecule has 1 fully saturated rings. The van der Waals surface area contributed by atoms with Gasteiger partial charge in [-0.15, -0.1) is 12.4 Å². The quantitative estimate of drug-likeness (QED) is 0.906. The van der Waals surface area contributed by atoms with Gasteiger partial charge in [-0.3, -0.25) is 4.90 Å². The zero-order valence-corrected chi connectivity index (χ0v) is 12.1. The van der Waals surface area contributed by atoms with E-state index in [0.717, 1.165) is 42.5 Å². The third-order valence-electron chi connectivity index (χ3n) is 3.08. The largest absolute Gasteiger partial charge is 0.494 e. The van der Waals surface area contributed by atoms with Crippen LogP contribution in [0.1, 0.15) is 12.5 Å². The Labute approximate surface area is 120 Å². The van der Waals surface area contributed by atoms with Crippen LogP contribution in [0.25, 0.3) is 0 Å². The van der Waals surface area contributed by atoms with Crippen LogP contribution in [-0.4, -0.2) is 31.1 Å². The zero-order valence-electron chi connectivity index (χ0n) is 10.6. The van der Waals surface area contributed by atoms with Crippen molar-refractivity contribution >= 4 is 24.0 Å². The molecule has 102 valence electrons. The summed E-state index contributed by atoms with van der Waals surface area (Å²) in [6, 6.07) is 5.80. The molecular weight excluding hydrogens is 271 g/mol. The molecule has 0 spiro atoms. The summed E-state index contributed by atoms with van der Waals surface area (Å²) in [7, 11) is 0. The highest BCUT2D eigenvalue weighted by molar-refractivity contribution is 6.30. The first-order valence-corrected chi connectivity index (χ1v) is 6.44. The third kappa shape index (κ3) is 3.75. The zero-order chi connectivity index (χ0) is 12.3. The minimum Gasteiger partial charge on any atom is -0.494 e. The van der Waals surface area contributed by atoms with Crippen molar-refractivity contribution in [2.24, 2.45) is 11.7 Å². The average molecular weight is 291 g/mol. The SMILES string of the molecule is CCOc1ccc(Cl)cc1CN1CC(CN)C1.Cl. The summed E-state index contributed by atoms with van der Waals surface area (Å²) in [5, 5.41) is 0.763. The second kappa shape index (κ2) is 7.19. The standard InChI is InChI=1S/C13H19ClN2O.ClH/c1-2-17-13-4-3-12(14)5-11(13)9-16-7-10(6-15)8-16;/h3-5,10H,2,6-9,15H2,1H3;1H. The normalized spacial score (nSPS) is 15.9. The Kier molecular flexibility index (Phi) is 6.22. The van der Waals surface area contributed by atoms with Crippen LogP contribution in [0.3, 0.4) is 0 Å². The lowest BCUT2D eigenvalue weighted by Crippen LogP contribution is -2.49. The smallest absolute Gasteiger partial charge is 0.123 e. The summed E-state index contributed by atoms with van der Waals surface area (Å²) in [6.07, 6.45) is 0. The van der Waals surface area contributed by atoms with Crippen LogP contribution in [-0.2, 0) is 6.54 Å². The van der Waals surface area contributed by atoms with E-state index in [4.69, 9.17) is 22.1 Å². The van der Waals surface area contributed by atoms with Gasteiger partial charge in [-0.2, -0.15) is 0 Å². The first-order chi connectivity index (χ1) is 8.22. The molecule has 0 aliphatic carbocycles. The molecule has 1 aliphatic heterocycles. The highest BCUT2D eigenvalue weighted by atomic mass is 35.5. The Morgan fingerprint density at radius 2 is 2.17 bits per heavy atom. The van der Waals surface area contributed by atoms with E-state index < -0.39 is 0 Å². The molecular formula is C13H20Cl2N2O. The second-order valence-electron chi connectivity index (χ2n) is 4.48. The van der Waals surface area contributed by atoms with Crippen molar-refractivity contribution in [2.75, 3.05) is 26.2 Å². The summed E-state index contributed by atoms with van der Waals surface area (Å²) in [5.41, 5.74) is 6.78. The lowest BCUT2D eigenvalue weighted by Gasteiger charge is -2.38. The Balaban J connectivity index is 0.00000162. The van der Waals surface area contributed by atoms with Crippen LogP contribution in [0.5, 0.6) is 5.75 Å². The lowest BCUT2D eigenvalue weighted by molar-refractivity contribution is 0.0967. The molecule has 1 aromatic rings. The van der Waals surface area contributed by atoms with Crippen LogP contribution in [0.2, 0.25) is 5.02 Å². The summed E-state index contributed by atoms with van der Waals surface area (Å²) < 4.78 is 5.60. The average Bonchev–Trinajstić information content (AvgIpc) is 2.26. The second-order valence-corrected chi connectivity index (χ2v) is 4.92. The number of likely N-dealkylation sites (tertiary alicyclic amines) is 1. The van der Waals surface area contributed by atoms with Crippen LogP contribution in [0.4, 0.5) is 0 Å². The Bertz CT molecular complexity index is 381. The molecule has 2 N–H and O–H groups in total. The summed E-state index contributed by atoms with van der Waals surface area (Å²) in [6.45, 7) is 6.51. The summed E-state index contributed by atoms with van der Waals surface area (Å²) in [5.74, 6) is 1.60. The number of nitrogens with zero attached hydrogens (tertiary/aromatic N) is 1. The van der Waals surface area contributed by atoms with Gasteiger partial charge in [-0.1, -0.05) is 11.6 Å². The van der Waals surface area contributed by atoms with E-state index in [0.29, 0.717) is 12.5 Å². The van der Waals surface area contributed by atoms with Gasteiger partial charge in [0, 0.05) is 30.2 Å². The number of halogens is 2. The molecule has 2 rings (SSSR count). The van der Waals surface area contributed by atoms with Crippen molar-refractivity contribution in [3.8, 4) is 5.75 Å². The van der Waals surface area contributed by atoms with E-state index in [1.54, 1.807) is 0 Å². The van der Waals surface area contributed by atoms with Crippen LogP contribution < -0.4 is 10.5 Å². The molecule has 0 bridgehead atoms. The topological polar surface area (TPSA) is 38.5 Å². The number of hydrogen-bond donors (Lipinski definition) is 1. The van der Waals surface area contributed by atoms with Gasteiger partial charge >= 0.3 is 0 Å². The van der Waals surface area contributed by atoms with Gasteiger partial charge in [0.15, 0.2) is 0 Å². The van der Waals surface area contributed by atoms with Gasteiger partial charge in [-0.05, 0) is 37.6 Å². The van der Waals surface area contributed by atoms with Gasteiger partial charge < -0.3 is 10.5 Å². The number of hydrogen-bond acceptors (Lipinski definition) is 3. The molecule has 0 radical (unpaired) electrons. The molecule has 0 amide bonds. The first-order valence-electron chi connectivity index (χ1n) is 6.06. The van der Waals surface area contributed by atoms with E-state index in [1.165, 1.54) is 0 Å². The highest BCUT2D eigenvalue weighted by Crippen LogP contribution is 2.27. The number of ether oxygens (including phenoxy) is 1. The van der Waals surface area contributed by atoms with Gasteiger partial charge in [-0.25, -0.2) is 0 Å². The highest BCUT2D eigenvalue weighted by Gasteiger charge is 2.25. The van der Waals surface area contributed by atoms with Crippen LogP contribution in [0.15, 0.2) is 18.2 Å². The lowest BCUT2D eigenvalue weighted by atomic mass is 9.99. The van der Waals surface area contributed by atoms with E-state index in [-0.39, 0.29) is 12.4 Å². The van der Waals surface area contributed by atoms with Gasteiger partial charge in [0.1, 0.15) is 5.75 Å². The summed E-state index contributed by atoms with van der Waals surface area (Å²) in [4.78, 5) is 2.37. The molecule has 5 heteroatoms. The predicted molar refractivity (Wildman–Crippen MR) is 77.7 cm³/mol. The number of benzene rings is 1. The number of rotatable bonds is 5. The minimum absolute atomic E-state index is 0. The Morgan fingerprint density at radius 3 is 2.78 bits per heavy atom. The van der Waals surface area contributed by atoms with Crippen molar-refractivity contribution < 1.29 is 4.74 Å². The molecule has 0 unspecified atom stereocenters. The van der Waals surface area contributed by atoms with Crippen molar-refractivity contribution in [3.63, 3.8) is 0 Å². The van der Waals surface area contributed by atoms with E-state index in [2.05, 4.69) is 4.90 Å². The fourth-order valence-corrected chi connectivity index (χ4v) is 2.36.